The van der Waals surface area contributed by atoms with Crippen molar-refractivity contribution in [3.63, 3.8) is 0 Å². The quantitative estimate of drug-likeness (QED) is 0.276. The molecule has 1 unspecified atom stereocenters. The number of rotatable bonds is 8. The van der Waals surface area contributed by atoms with Crippen molar-refractivity contribution in [2.24, 2.45) is 16.7 Å². The Morgan fingerprint density at radius 2 is 1.75 bits per heavy atom. The molecular formula is C36H37FN4O3. The van der Waals surface area contributed by atoms with Gasteiger partial charge in [-0.1, -0.05) is 35.5 Å². The van der Waals surface area contributed by atoms with E-state index in [1.165, 1.54) is 5.56 Å². The van der Waals surface area contributed by atoms with Gasteiger partial charge in [-0.3, -0.25) is 4.79 Å². The largest absolute Gasteiger partial charge is 0.370 e. The van der Waals surface area contributed by atoms with Crippen molar-refractivity contribution in [1.29, 1.82) is 5.26 Å². The van der Waals surface area contributed by atoms with Crippen molar-refractivity contribution in [2.75, 3.05) is 18.1 Å². The fraction of sp³-hybridized carbons (Fsp3) is 0.556. The van der Waals surface area contributed by atoms with Crippen LogP contribution in [0, 0.1) is 28.1 Å². The number of carbonyl (C=O) groups is 1. The fourth-order valence-electron chi connectivity index (χ4n) is 8.76. The molecule has 7 nitrogen and oxygen atoms in total. The first kappa shape index (κ1) is 26.8. The van der Waals surface area contributed by atoms with Crippen molar-refractivity contribution >= 4 is 11.6 Å². The third kappa shape index (κ3) is 4.04. The Morgan fingerprint density at radius 3 is 2.36 bits per heavy atom. The van der Waals surface area contributed by atoms with Gasteiger partial charge in [0.05, 0.1) is 29.1 Å². The van der Waals surface area contributed by atoms with E-state index in [1.54, 1.807) is 0 Å². The second-order valence-corrected chi connectivity index (χ2v) is 14.9. The van der Waals surface area contributed by atoms with Gasteiger partial charge in [0.25, 0.3) is 5.89 Å². The summed E-state index contributed by atoms with van der Waals surface area (Å²) in [6.45, 7) is 1.13. The molecule has 44 heavy (non-hydrogen) atoms. The lowest BCUT2D eigenvalue weighted by Crippen LogP contribution is -2.57. The lowest BCUT2D eigenvalue weighted by molar-refractivity contribution is -0.187. The molecule has 8 heteroatoms. The highest BCUT2D eigenvalue weighted by molar-refractivity contribution is 5.99. The number of nitrogens with zero attached hydrogens (tertiary/aromatic N) is 4. The Morgan fingerprint density at radius 1 is 1.00 bits per heavy atom. The van der Waals surface area contributed by atoms with Crippen LogP contribution in [0.1, 0.15) is 93.5 Å². The van der Waals surface area contributed by atoms with Crippen molar-refractivity contribution in [1.82, 2.24) is 10.1 Å². The number of alkyl halides is 1. The lowest BCUT2D eigenvalue weighted by atomic mass is 9.63. The van der Waals surface area contributed by atoms with Crippen molar-refractivity contribution < 1.29 is 18.4 Å². The Hall–Kier alpha value is -3.57. The summed E-state index contributed by atoms with van der Waals surface area (Å²) >= 11 is 0. The van der Waals surface area contributed by atoms with Crippen molar-refractivity contribution in [3.8, 4) is 17.5 Å². The third-order valence-electron chi connectivity index (χ3n) is 12.1. The van der Waals surface area contributed by atoms with Crippen LogP contribution < -0.4 is 4.90 Å². The van der Waals surface area contributed by atoms with Crippen LogP contribution in [0.4, 0.5) is 10.1 Å². The van der Waals surface area contributed by atoms with Crippen molar-refractivity contribution in [3.05, 3.63) is 65.5 Å². The molecule has 8 aliphatic rings. The predicted octanol–water partition coefficient (Wildman–Crippen LogP) is 7.13. The number of fused-ring (bicyclic) bond motifs is 4. The summed E-state index contributed by atoms with van der Waals surface area (Å²) < 4.78 is 27.0. The molecule has 2 aromatic carbocycles. The van der Waals surface area contributed by atoms with E-state index in [-0.39, 0.29) is 28.3 Å². The molecule has 8 fully saturated rings. The molecule has 0 spiro atoms. The molecule has 1 aromatic heterocycles. The minimum absolute atomic E-state index is 0.0205. The number of ether oxygens (including phenoxy) is 1. The van der Waals surface area contributed by atoms with Gasteiger partial charge in [0.2, 0.25) is 5.91 Å². The molecule has 2 aliphatic heterocycles. The Bertz CT molecular complexity index is 1650. The van der Waals surface area contributed by atoms with Crippen molar-refractivity contribution in [2.45, 2.75) is 93.7 Å². The molecule has 2 saturated heterocycles. The van der Waals surface area contributed by atoms with E-state index in [2.05, 4.69) is 40.5 Å². The van der Waals surface area contributed by atoms with Gasteiger partial charge in [0, 0.05) is 29.1 Å². The highest BCUT2D eigenvalue weighted by Crippen LogP contribution is 2.62. The van der Waals surface area contributed by atoms with Gasteiger partial charge in [-0.2, -0.15) is 10.2 Å². The average molecular weight is 593 g/mol. The number of nitriles is 1. The smallest absolute Gasteiger partial charge is 0.258 e. The summed E-state index contributed by atoms with van der Waals surface area (Å²) in [5.74, 6) is 1.70. The summed E-state index contributed by atoms with van der Waals surface area (Å²) in [6, 6.07) is 18.9. The number of halogens is 1. The van der Waals surface area contributed by atoms with E-state index in [0.717, 1.165) is 74.0 Å². The molecule has 4 bridgehead atoms. The Balaban J connectivity index is 0.986. The molecular weight excluding hydrogens is 555 g/mol. The van der Waals surface area contributed by atoms with E-state index in [0.29, 0.717) is 44.2 Å². The van der Waals surface area contributed by atoms with Gasteiger partial charge in [-0.15, -0.1) is 0 Å². The second-order valence-electron chi connectivity index (χ2n) is 14.9. The van der Waals surface area contributed by atoms with Gasteiger partial charge in [-0.25, -0.2) is 4.39 Å². The monoisotopic (exact) mass is 592 g/mol. The minimum atomic E-state index is -0.882. The average Bonchev–Trinajstić information content (AvgIpc) is 3.96. The normalized spacial score (nSPS) is 34.3. The number of aromatic nitrogens is 2. The van der Waals surface area contributed by atoms with Crippen LogP contribution in [0.3, 0.4) is 0 Å². The minimum Gasteiger partial charge on any atom is -0.370 e. The Kier molecular flexibility index (Phi) is 5.62. The second kappa shape index (κ2) is 9.23. The topological polar surface area (TPSA) is 92.2 Å². The predicted molar refractivity (Wildman–Crippen MR) is 160 cm³/mol. The van der Waals surface area contributed by atoms with Gasteiger partial charge in [-0.05, 0) is 106 Å². The number of anilines is 1. The van der Waals surface area contributed by atoms with E-state index in [9.17, 15) is 14.4 Å². The molecule has 3 heterocycles. The molecule has 226 valence electrons. The number of hydrogen-bond acceptors (Lipinski definition) is 6. The van der Waals surface area contributed by atoms with Crippen LogP contribution in [0.25, 0.3) is 11.5 Å². The number of benzene rings is 2. The van der Waals surface area contributed by atoms with Gasteiger partial charge in [0.15, 0.2) is 5.82 Å². The fourth-order valence-corrected chi connectivity index (χ4v) is 8.76. The summed E-state index contributed by atoms with van der Waals surface area (Å²) in [5, 5.41) is 13.8. The lowest BCUT2D eigenvalue weighted by Gasteiger charge is -2.55. The van der Waals surface area contributed by atoms with Crippen LogP contribution in [-0.2, 0) is 20.5 Å². The maximum Gasteiger partial charge on any atom is 0.258 e. The number of hydrogen-bond donors (Lipinski definition) is 0. The zero-order valence-electron chi connectivity index (χ0n) is 24.9. The zero-order valence-corrected chi connectivity index (χ0v) is 24.9. The molecule has 1 atom stereocenters. The number of amides is 1. The Labute approximate surface area is 256 Å². The molecule has 0 N–H and O–H groups in total. The molecule has 6 aliphatic carbocycles. The van der Waals surface area contributed by atoms with Gasteiger partial charge >= 0.3 is 0 Å². The molecule has 1 amide bonds. The third-order valence-corrected chi connectivity index (χ3v) is 12.1. The molecule has 3 aromatic rings. The molecule has 6 saturated carbocycles. The zero-order chi connectivity index (χ0) is 29.7. The summed E-state index contributed by atoms with van der Waals surface area (Å²) in [6.07, 6.45) is 8.51. The maximum atomic E-state index is 14.7. The highest BCUT2D eigenvalue weighted by Gasteiger charge is 2.62. The maximum absolute atomic E-state index is 14.7. The van der Waals surface area contributed by atoms with Gasteiger partial charge in [0.1, 0.15) is 6.17 Å². The van der Waals surface area contributed by atoms with E-state index >= 15 is 0 Å². The summed E-state index contributed by atoms with van der Waals surface area (Å²) in [4.78, 5) is 21.0. The first-order chi connectivity index (χ1) is 21.3. The summed E-state index contributed by atoms with van der Waals surface area (Å²) in [5.41, 5.74) is 2.53. The highest BCUT2D eigenvalue weighted by atomic mass is 19.1. The van der Waals surface area contributed by atoms with E-state index in [4.69, 9.17) is 9.26 Å². The van der Waals surface area contributed by atoms with E-state index < -0.39 is 11.6 Å². The van der Waals surface area contributed by atoms with Crippen LogP contribution in [-0.4, -0.2) is 35.4 Å². The standard InChI is InChI=1S/C36H37FN4O3/c37-29-19-35(17-25(29)18-35)32(42)41(28-3-1-2-24(16-28)31-39-30(40-44-31)23-4-5-23)21-33-10-14-36(15-11-33,43-22-33)27-8-6-26(7-9-27)34(20-38)12-13-34/h1-3,6-9,16,23,25,29H,4-5,10-15,17-19,21-22H2. The van der Waals surface area contributed by atoms with Gasteiger partial charge < -0.3 is 14.2 Å². The summed E-state index contributed by atoms with van der Waals surface area (Å²) in [7, 11) is 0. The van der Waals surface area contributed by atoms with Crippen LogP contribution in [0.15, 0.2) is 53.1 Å². The first-order valence-corrected chi connectivity index (χ1v) is 16.4. The van der Waals surface area contributed by atoms with E-state index in [1.807, 2.05) is 29.2 Å². The van der Waals surface area contributed by atoms with Crippen LogP contribution >= 0.6 is 0 Å². The molecule has 11 rings (SSSR count). The number of carbonyl (C=O) groups excluding carboxylic acids is 1. The van der Waals surface area contributed by atoms with Crippen LogP contribution in [0.2, 0.25) is 0 Å². The first-order valence-electron chi connectivity index (χ1n) is 16.4. The van der Waals surface area contributed by atoms with Crippen LogP contribution in [0.5, 0.6) is 0 Å². The SMILES string of the molecule is N#CC1(c2ccc(C34CCC(CN(C(=O)C56CC(F)C(C5)C6)c5cccc(-c6nc(C7CC7)no6)c5)(CC3)CO4)cc2)CC1. The molecule has 0 radical (unpaired) electrons.